The highest BCUT2D eigenvalue weighted by molar-refractivity contribution is 6.31. The third kappa shape index (κ3) is 5.23. The van der Waals surface area contributed by atoms with E-state index in [2.05, 4.69) is 5.32 Å². The number of nitrogens with zero attached hydrogens (tertiary/aromatic N) is 1. The molecule has 0 unspecified atom stereocenters. The summed E-state index contributed by atoms with van der Waals surface area (Å²) in [5.74, 6) is -0.00903. The summed E-state index contributed by atoms with van der Waals surface area (Å²) in [4.78, 5) is 26.0. The molecule has 0 spiro atoms. The Hall–Kier alpha value is -2.53. The fourth-order valence-electron chi connectivity index (χ4n) is 2.41. The van der Waals surface area contributed by atoms with Crippen molar-refractivity contribution in [2.75, 3.05) is 16.8 Å². The van der Waals surface area contributed by atoms with E-state index in [0.717, 1.165) is 5.56 Å². The quantitative estimate of drug-likeness (QED) is 0.813. The van der Waals surface area contributed by atoms with E-state index in [9.17, 15) is 9.59 Å². The van der Waals surface area contributed by atoms with Crippen molar-refractivity contribution in [3.63, 3.8) is 0 Å². The number of halogens is 1. The molecule has 0 saturated carbocycles. The minimum Gasteiger partial charge on any atom is -0.489 e. The van der Waals surface area contributed by atoms with Crippen LogP contribution < -0.4 is 15.0 Å². The maximum atomic E-state index is 12.4. The molecule has 2 aromatic rings. The third-order valence-electron chi connectivity index (χ3n) is 3.66. The Morgan fingerprint density at radius 1 is 1.19 bits per heavy atom. The number of amides is 2. The number of rotatable bonds is 6. The van der Waals surface area contributed by atoms with Gasteiger partial charge in [-0.25, -0.2) is 0 Å². The summed E-state index contributed by atoms with van der Waals surface area (Å²) in [7, 11) is 0. The first-order valence-corrected chi connectivity index (χ1v) is 8.75. The molecular weight excluding hydrogens is 352 g/mol. The van der Waals surface area contributed by atoms with E-state index in [0.29, 0.717) is 22.1 Å². The fraction of sp³-hybridized carbons (Fsp3) is 0.300. The lowest BCUT2D eigenvalue weighted by Gasteiger charge is -2.24. The minimum absolute atomic E-state index is 0.0477. The Kier molecular flexibility index (Phi) is 6.64. The first-order chi connectivity index (χ1) is 12.3. The molecule has 6 heteroatoms. The van der Waals surface area contributed by atoms with Crippen molar-refractivity contribution in [3.8, 4) is 5.75 Å². The summed E-state index contributed by atoms with van der Waals surface area (Å²) in [5.41, 5.74) is 2.07. The average molecular weight is 375 g/mol. The van der Waals surface area contributed by atoms with Crippen LogP contribution in [-0.2, 0) is 9.59 Å². The molecule has 2 rings (SSSR count). The van der Waals surface area contributed by atoms with Crippen LogP contribution in [0.15, 0.2) is 42.5 Å². The molecular formula is C20H23ClN2O3. The van der Waals surface area contributed by atoms with Gasteiger partial charge < -0.3 is 10.1 Å². The Morgan fingerprint density at radius 2 is 1.88 bits per heavy atom. The van der Waals surface area contributed by atoms with E-state index in [-0.39, 0.29) is 24.5 Å². The summed E-state index contributed by atoms with van der Waals surface area (Å²) in [5, 5.41) is 3.34. The predicted molar refractivity (Wildman–Crippen MR) is 105 cm³/mol. The van der Waals surface area contributed by atoms with Crippen LogP contribution >= 0.6 is 11.6 Å². The smallest absolute Gasteiger partial charge is 0.244 e. The van der Waals surface area contributed by atoms with Crippen molar-refractivity contribution in [3.05, 3.63) is 53.1 Å². The van der Waals surface area contributed by atoms with E-state index in [1.54, 1.807) is 30.3 Å². The maximum Gasteiger partial charge on any atom is 0.244 e. The minimum atomic E-state index is -0.320. The van der Waals surface area contributed by atoms with Gasteiger partial charge in [0.25, 0.3) is 0 Å². The second-order valence-corrected chi connectivity index (χ2v) is 6.66. The average Bonchev–Trinajstić information content (AvgIpc) is 2.56. The molecule has 2 amide bonds. The zero-order chi connectivity index (χ0) is 19.3. The van der Waals surface area contributed by atoms with Crippen molar-refractivity contribution in [2.45, 2.75) is 33.8 Å². The number of hydrogen-bond donors (Lipinski definition) is 1. The first kappa shape index (κ1) is 19.8. The molecule has 0 bridgehead atoms. The Labute approximate surface area is 158 Å². The third-order valence-corrected chi connectivity index (χ3v) is 4.06. The van der Waals surface area contributed by atoms with Gasteiger partial charge in [0.2, 0.25) is 11.8 Å². The largest absolute Gasteiger partial charge is 0.489 e. The van der Waals surface area contributed by atoms with E-state index < -0.39 is 0 Å². The van der Waals surface area contributed by atoms with Crippen molar-refractivity contribution in [1.29, 1.82) is 0 Å². The SMILES string of the molecule is CC(=O)N(CC(=O)Nc1ccc(C)c(Cl)c1)c1ccccc1OC(C)C. The number of carbonyl (C=O) groups is 2. The van der Waals surface area contributed by atoms with Gasteiger partial charge in [-0.1, -0.05) is 29.8 Å². The number of carbonyl (C=O) groups excluding carboxylic acids is 2. The highest BCUT2D eigenvalue weighted by Crippen LogP contribution is 2.29. The normalized spacial score (nSPS) is 10.5. The fourth-order valence-corrected chi connectivity index (χ4v) is 2.60. The first-order valence-electron chi connectivity index (χ1n) is 8.37. The van der Waals surface area contributed by atoms with Crippen molar-refractivity contribution in [1.82, 2.24) is 0 Å². The second-order valence-electron chi connectivity index (χ2n) is 6.25. The summed E-state index contributed by atoms with van der Waals surface area (Å²) < 4.78 is 5.76. The monoisotopic (exact) mass is 374 g/mol. The lowest BCUT2D eigenvalue weighted by atomic mass is 10.2. The van der Waals surface area contributed by atoms with Crippen molar-refractivity contribution >= 4 is 34.8 Å². The number of nitrogens with one attached hydrogen (secondary N) is 1. The molecule has 0 fully saturated rings. The van der Waals surface area contributed by atoms with Crippen LogP contribution in [-0.4, -0.2) is 24.5 Å². The van der Waals surface area contributed by atoms with Crippen molar-refractivity contribution in [2.24, 2.45) is 0 Å². The van der Waals surface area contributed by atoms with Gasteiger partial charge in [-0.2, -0.15) is 0 Å². The van der Waals surface area contributed by atoms with E-state index in [1.165, 1.54) is 11.8 Å². The Balaban J connectivity index is 2.19. The molecule has 2 aromatic carbocycles. The zero-order valence-corrected chi connectivity index (χ0v) is 16.1. The number of aryl methyl sites for hydroxylation is 1. The lowest BCUT2D eigenvalue weighted by Crippen LogP contribution is -2.37. The molecule has 138 valence electrons. The standard InChI is InChI=1S/C20H23ClN2O3/c1-13(2)26-19-8-6-5-7-18(19)23(15(4)24)12-20(25)22-16-10-9-14(3)17(21)11-16/h5-11,13H,12H2,1-4H3,(H,22,25). The lowest BCUT2D eigenvalue weighted by molar-refractivity contribution is -0.120. The number of para-hydroxylation sites is 2. The van der Waals surface area contributed by atoms with Gasteiger partial charge in [0, 0.05) is 17.6 Å². The van der Waals surface area contributed by atoms with Crippen molar-refractivity contribution < 1.29 is 14.3 Å². The number of hydrogen-bond acceptors (Lipinski definition) is 3. The molecule has 0 atom stereocenters. The molecule has 0 aliphatic carbocycles. The van der Waals surface area contributed by atoms with E-state index in [4.69, 9.17) is 16.3 Å². The maximum absolute atomic E-state index is 12.4. The number of benzene rings is 2. The molecule has 0 aliphatic rings. The molecule has 5 nitrogen and oxygen atoms in total. The number of anilines is 2. The van der Waals surface area contributed by atoms with Crippen LogP contribution in [0.3, 0.4) is 0 Å². The molecule has 0 radical (unpaired) electrons. The van der Waals surface area contributed by atoms with Gasteiger partial charge in [0.05, 0.1) is 11.8 Å². The van der Waals surface area contributed by atoms with Gasteiger partial charge in [0.1, 0.15) is 12.3 Å². The van der Waals surface area contributed by atoms with Gasteiger partial charge in [-0.3, -0.25) is 14.5 Å². The van der Waals surface area contributed by atoms with Crippen LogP contribution in [0.2, 0.25) is 5.02 Å². The van der Waals surface area contributed by atoms with Gasteiger partial charge >= 0.3 is 0 Å². The summed E-state index contributed by atoms with van der Waals surface area (Å²) in [6.07, 6.45) is -0.0477. The molecule has 0 saturated heterocycles. The Bertz CT molecular complexity index is 805. The summed E-state index contributed by atoms with van der Waals surface area (Å²) in [6.45, 7) is 6.99. The van der Waals surface area contributed by atoms with Gasteiger partial charge in [-0.05, 0) is 50.6 Å². The van der Waals surface area contributed by atoms with E-state index in [1.807, 2.05) is 32.9 Å². The molecule has 0 aromatic heterocycles. The molecule has 0 aliphatic heterocycles. The highest BCUT2D eigenvalue weighted by Gasteiger charge is 2.20. The van der Waals surface area contributed by atoms with Crippen LogP contribution in [0.5, 0.6) is 5.75 Å². The van der Waals surface area contributed by atoms with E-state index >= 15 is 0 Å². The van der Waals surface area contributed by atoms with Gasteiger partial charge in [-0.15, -0.1) is 0 Å². The zero-order valence-electron chi connectivity index (χ0n) is 15.4. The summed E-state index contributed by atoms with van der Waals surface area (Å²) in [6, 6.07) is 12.4. The molecule has 0 heterocycles. The second kappa shape index (κ2) is 8.72. The predicted octanol–water partition coefficient (Wildman–Crippen LogP) is 4.43. The van der Waals surface area contributed by atoms with Crippen LogP contribution in [0, 0.1) is 6.92 Å². The summed E-state index contributed by atoms with van der Waals surface area (Å²) >= 11 is 6.09. The van der Waals surface area contributed by atoms with Crippen LogP contribution in [0.4, 0.5) is 11.4 Å². The number of ether oxygens (including phenoxy) is 1. The topological polar surface area (TPSA) is 58.6 Å². The van der Waals surface area contributed by atoms with Crippen LogP contribution in [0.25, 0.3) is 0 Å². The van der Waals surface area contributed by atoms with Gasteiger partial charge in [0.15, 0.2) is 0 Å². The van der Waals surface area contributed by atoms with Crippen LogP contribution in [0.1, 0.15) is 26.3 Å². The Morgan fingerprint density at radius 3 is 2.50 bits per heavy atom. The molecule has 26 heavy (non-hydrogen) atoms. The molecule has 1 N–H and O–H groups in total. The highest BCUT2D eigenvalue weighted by atomic mass is 35.5.